The number of carbonyl (C=O) groups is 2. The molecule has 0 unspecified atom stereocenters. The maximum Gasteiger partial charge on any atom is 0.287 e. The molecular weight excluding hydrogens is 398 g/mol. The minimum absolute atomic E-state index is 0.140. The van der Waals surface area contributed by atoms with E-state index in [0.29, 0.717) is 41.4 Å². The molecule has 0 spiro atoms. The van der Waals surface area contributed by atoms with Crippen molar-refractivity contribution in [1.82, 2.24) is 10.7 Å². The van der Waals surface area contributed by atoms with Gasteiger partial charge in [-0.1, -0.05) is 18.2 Å². The summed E-state index contributed by atoms with van der Waals surface area (Å²) in [5.74, 6) is 1.56. The number of ether oxygens (including phenoxy) is 1. The highest BCUT2D eigenvalue weighted by molar-refractivity contribution is 6.06. The Morgan fingerprint density at radius 2 is 1.97 bits per heavy atom. The van der Waals surface area contributed by atoms with Crippen molar-refractivity contribution in [3.8, 4) is 5.75 Å². The number of hydrogen-bond donors (Lipinski definition) is 2. The van der Waals surface area contributed by atoms with Gasteiger partial charge in [0.1, 0.15) is 17.3 Å². The number of nitrogens with one attached hydrogen (secondary N) is 2. The molecule has 160 valence electrons. The third-order valence-corrected chi connectivity index (χ3v) is 4.96. The lowest BCUT2D eigenvalue weighted by Gasteiger charge is -2.13. The van der Waals surface area contributed by atoms with Crippen molar-refractivity contribution in [2.24, 2.45) is 5.10 Å². The van der Waals surface area contributed by atoms with Crippen LogP contribution in [0, 0.1) is 6.92 Å². The number of nitrogens with zero attached hydrogens (tertiary/aromatic N) is 1. The van der Waals surface area contributed by atoms with E-state index in [2.05, 4.69) is 15.8 Å². The third kappa shape index (κ3) is 4.85. The fraction of sp³-hybridized carbons (Fsp3) is 0.261. The number of hydrogen-bond acceptors (Lipinski definition) is 6. The van der Waals surface area contributed by atoms with Crippen molar-refractivity contribution in [2.45, 2.75) is 32.7 Å². The van der Waals surface area contributed by atoms with Crippen molar-refractivity contribution in [3.05, 3.63) is 77.1 Å². The number of fused-ring (bicyclic) bond motifs is 1. The van der Waals surface area contributed by atoms with Crippen molar-refractivity contribution < 1.29 is 23.2 Å². The van der Waals surface area contributed by atoms with Gasteiger partial charge in [-0.3, -0.25) is 9.59 Å². The van der Waals surface area contributed by atoms with Gasteiger partial charge in [0.15, 0.2) is 12.4 Å². The van der Waals surface area contributed by atoms with Crippen LogP contribution in [0.15, 0.2) is 62.7 Å². The largest absolute Gasteiger partial charge is 0.484 e. The SMILES string of the molecule is Cc1c(C(=O)NCc2ccco2)oc2c1/C(=N/NC(=O)COc1ccccc1)CCC2. The second-order valence-electron chi connectivity index (χ2n) is 7.17. The minimum Gasteiger partial charge on any atom is -0.484 e. The molecular formula is C23H23N3O5. The third-order valence-electron chi connectivity index (χ3n) is 4.96. The summed E-state index contributed by atoms with van der Waals surface area (Å²) < 4.78 is 16.5. The number of aryl methyl sites for hydroxylation is 1. The van der Waals surface area contributed by atoms with Crippen LogP contribution in [-0.4, -0.2) is 24.1 Å². The first kappa shape index (κ1) is 20.5. The standard InChI is InChI=1S/C23H23N3O5/c1-15-21-18(25-26-20(27)14-30-16-7-3-2-4-8-16)10-5-11-19(21)31-22(15)23(28)24-13-17-9-6-12-29-17/h2-4,6-9,12H,5,10-11,13-14H2,1H3,(H,24,28)(H,26,27)/b25-18+. The van der Waals surface area contributed by atoms with Gasteiger partial charge in [0.05, 0.1) is 18.5 Å². The maximum absolute atomic E-state index is 12.6. The highest BCUT2D eigenvalue weighted by Gasteiger charge is 2.28. The Balaban J connectivity index is 1.42. The van der Waals surface area contributed by atoms with Gasteiger partial charge in [-0.15, -0.1) is 0 Å². The first-order chi connectivity index (χ1) is 15.1. The van der Waals surface area contributed by atoms with Crippen LogP contribution >= 0.6 is 0 Å². The topological polar surface area (TPSA) is 106 Å². The second kappa shape index (κ2) is 9.34. The lowest BCUT2D eigenvalue weighted by Crippen LogP contribution is -2.27. The fourth-order valence-electron chi connectivity index (χ4n) is 3.49. The molecule has 0 aliphatic heterocycles. The number of rotatable bonds is 7. The molecule has 0 bridgehead atoms. The maximum atomic E-state index is 12.6. The molecule has 0 atom stereocenters. The summed E-state index contributed by atoms with van der Waals surface area (Å²) in [6.07, 6.45) is 3.77. The molecule has 1 aromatic carbocycles. The lowest BCUT2D eigenvalue weighted by atomic mass is 9.93. The van der Waals surface area contributed by atoms with Crippen LogP contribution in [-0.2, 0) is 17.8 Å². The van der Waals surface area contributed by atoms with E-state index in [-0.39, 0.29) is 30.7 Å². The molecule has 31 heavy (non-hydrogen) atoms. The number of benzene rings is 1. The zero-order valence-electron chi connectivity index (χ0n) is 17.1. The van der Waals surface area contributed by atoms with Gasteiger partial charge < -0.3 is 18.9 Å². The first-order valence-corrected chi connectivity index (χ1v) is 10.1. The van der Waals surface area contributed by atoms with Crippen molar-refractivity contribution >= 4 is 17.5 Å². The predicted molar refractivity (Wildman–Crippen MR) is 113 cm³/mol. The molecule has 0 radical (unpaired) electrons. The summed E-state index contributed by atoms with van der Waals surface area (Å²) >= 11 is 0. The van der Waals surface area contributed by atoms with Gasteiger partial charge in [-0.2, -0.15) is 5.10 Å². The lowest BCUT2D eigenvalue weighted by molar-refractivity contribution is -0.123. The van der Waals surface area contributed by atoms with Gasteiger partial charge >= 0.3 is 0 Å². The molecule has 0 fully saturated rings. The van der Waals surface area contributed by atoms with E-state index < -0.39 is 0 Å². The molecule has 0 saturated carbocycles. The average Bonchev–Trinajstić information content (AvgIpc) is 3.43. The monoisotopic (exact) mass is 421 g/mol. The smallest absolute Gasteiger partial charge is 0.287 e. The van der Waals surface area contributed by atoms with Crippen molar-refractivity contribution in [3.63, 3.8) is 0 Å². The minimum atomic E-state index is -0.360. The van der Waals surface area contributed by atoms with Gasteiger partial charge in [-0.25, -0.2) is 5.43 Å². The van der Waals surface area contributed by atoms with Crippen LogP contribution in [0.5, 0.6) is 5.75 Å². The summed E-state index contributed by atoms with van der Waals surface area (Å²) in [6, 6.07) is 12.6. The van der Waals surface area contributed by atoms with E-state index in [1.54, 1.807) is 30.5 Å². The summed E-state index contributed by atoms with van der Waals surface area (Å²) in [5, 5.41) is 7.08. The molecule has 0 saturated heterocycles. The van der Waals surface area contributed by atoms with Gasteiger partial charge in [0, 0.05) is 17.5 Å². The molecule has 2 aromatic heterocycles. The predicted octanol–water partition coefficient (Wildman–Crippen LogP) is 3.35. The Morgan fingerprint density at radius 1 is 1.13 bits per heavy atom. The molecule has 8 nitrogen and oxygen atoms in total. The first-order valence-electron chi connectivity index (χ1n) is 10.1. The van der Waals surface area contributed by atoms with Crippen LogP contribution in [0.1, 0.15) is 46.0 Å². The summed E-state index contributed by atoms with van der Waals surface area (Å²) in [5.41, 5.74) is 4.74. The number of carbonyl (C=O) groups excluding carboxylic acids is 2. The molecule has 2 heterocycles. The zero-order valence-corrected chi connectivity index (χ0v) is 17.1. The Bertz CT molecular complexity index is 1080. The number of hydrazone groups is 1. The average molecular weight is 421 g/mol. The van der Waals surface area contributed by atoms with E-state index in [1.165, 1.54) is 0 Å². The number of amides is 2. The number of furan rings is 2. The quantitative estimate of drug-likeness (QED) is 0.569. The molecule has 3 aromatic rings. The van der Waals surface area contributed by atoms with Gasteiger partial charge in [-0.05, 0) is 44.0 Å². The number of para-hydroxylation sites is 1. The van der Waals surface area contributed by atoms with Crippen LogP contribution < -0.4 is 15.5 Å². The van der Waals surface area contributed by atoms with E-state index in [9.17, 15) is 9.59 Å². The van der Waals surface area contributed by atoms with Crippen LogP contribution in [0.4, 0.5) is 0 Å². The summed E-state index contributed by atoms with van der Waals surface area (Å²) in [4.78, 5) is 24.7. The van der Waals surface area contributed by atoms with Crippen molar-refractivity contribution in [2.75, 3.05) is 6.61 Å². The Labute approximate surface area is 179 Å². The normalized spacial score (nSPS) is 14.2. The summed E-state index contributed by atoms with van der Waals surface area (Å²) in [6.45, 7) is 1.96. The van der Waals surface area contributed by atoms with Gasteiger partial charge in [0.2, 0.25) is 0 Å². The molecule has 2 amide bonds. The van der Waals surface area contributed by atoms with E-state index in [0.717, 1.165) is 12.0 Å². The van der Waals surface area contributed by atoms with Crippen LogP contribution in [0.25, 0.3) is 0 Å². The molecule has 8 heteroatoms. The van der Waals surface area contributed by atoms with Gasteiger partial charge in [0.25, 0.3) is 11.8 Å². The van der Waals surface area contributed by atoms with E-state index in [1.807, 2.05) is 25.1 Å². The molecule has 4 rings (SSSR count). The Hall–Kier alpha value is -3.81. The Kier molecular flexibility index (Phi) is 6.16. The van der Waals surface area contributed by atoms with Crippen molar-refractivity contribution in [1.29, 1.82) is 0 Å². The van der Waals surface area contributed by atoms with Crippen LogP contribution in [0.3, 0.4) is 0 Å². The Morgan fingerprint density at radius 3 is 2.74 bits per heavy atom. The van der Waals surface area contributed by atoms with E-state index in [4.69, 9.17) is 13.6 Å². The highest BCUT2D eigenvalue weighted by Crippen LogP contribution is 2.29. The summed E-state index contributed by atoms with van der Waals surface area (Å²) in [7, 11) is 0. The van der Waals surface area contributed by atoms with Crippen LogP contribution in [0.2, 0.25) is 0 Å². The fourth-order valence-corrected chi connectivity index (χ4v) is 3.49. The molecule has 1 aliphatic carbocycles. The molecule has 1 aliphatic rings. The van der Waals surface area contributed by atoms with E-state index >= 15 is 0 Å². The highest BCUT2D eigenvalue weighted by atomic mass is 16.5. The second-order valence-corrected chi connectivity index (χ2v) is 7.17. The zero-order chi connectivity index (χ0) is 21.6. The molecule has 2 N–H and O–H groups in total.